The molecule has 0 fully saturated rings. The molecule has 1 aromatic carbocycles. The largest absolute Gasteiger partial charge is 0.573 e. The Morgan fingerprint density at radius 2 is 1.95 bits per heavy atom. The van der Waals surface area contributed by atoms with Gasteiger partial charge in [-0.25, -0.2) is 13.1 Å². The molecule has 1 atom stereocenters. The molecule has 21 heavy (non-hydrogen) atoms. The summed E-state index contributed by atoms with van der Waals surface area (Å²) in [5, 5.41) is 0. The lowest BCUT2D eigenvalue weighted by atomic mass is 10.1. The number of rotatable bonds is 6. The summed E-state index contributed by atoms with van der Waals surface area (Å²) in [6.07, 6.45) is -4.88. The lowest BCUT2D eigenvalue weighted by Gasteiger charge is -2.16. The smallest absolute Gasteiger partial charge is 0.406 e. The molecule has 0 bridgehead atoms. The van der Waals surface area contributed by atoms with Gasteiger partial charge in [0.15, 0.2) is 0 Å². The first kappa shape index (κ1) is 17.7. The van der Waals surface area contributed by atoms with Crippen LogP contribution >= 0.6 is 0 Å². The molecule has 5 nitrogen and oxygen atoms in total. The zero-order valence-electron chi connectivity index (χ0n) is 11.5. The first-order valence-electron chi connectivity index (χ1n) is 6.12. The maximum Gasteiger partial charge on any atom is 0.573 e. The molecule has 0 aromatic heterocycles. The third kappa shape index (κ3) is 5.90. The Bertz CT molecular complexity index is 573. The Kier molecular flexibility index (Phi) is 5.60. The summed E-state index contributed by atoms with van der Waals surface area (Å²) < 4.78 is 66.2. The molecule has 120 valence electrons. The van der Waals surface area contributed by atoms with Crippen LogP contribution in [-0.4, -0.2) is 27.4 Å². The summed E-state index contributed by atoms with van der Waals surface area (Å²) in [7, 11) is -3.94. The van der Waals surface area contributed by atoms with E-state index in [9.17, 15) is 21.6 Å². The summed E-state index contributed by atoms with van der Waals surface area (Å²) in [5.74, 6) is -0.536. The predicted octanol–water partition coefficient (Wildman–Crippen LogP) is 1.85. The van der Waals surface area contributed by atoms with Crippen LogP contribution in [0.1, 0.15) is 13.8 Å². The van der Waals surface area contributed by atoms with Crippen molar-refractivity contribution in [3.63, 3.8) is 0 Å². The van der Waals surface area contributed by atoms with Gasteiger partial charge in [0.1, 0.15) is 5.75 Å². The molecule has 0 saturated heterocycles. The molecule has 1 rings (SSSR count). The van der Waals surface area contributed by atoms with Gasteiger partial charge in [-0.05, 0) is 18.1 Å². The Labute approximate surface area is 121 Å². The number of hydrogen-bond acceptors (Lipinski definition) is 4. The number of ether oxygens (including phenoxy) is 1. The maximum atomic E-state index is 12.1. The van der Waals surface area contributed by atoms with Crippen LogP contribution in [0.15, 0.2) is 29.2 Å². The van der Waals surface area contributed by atoms with Gasteiger partial charge in [0.25, 0.3) is 0 Å². The van der Waals surface area contributed by atoms with Crippen molar-refractivity contribution in [1.82, 2.24) is 4.72 Å². The Hall–Kier alpha value is -1.32. The third-order valence-corrected chi connectivity index (χ3v) is 4.14. The molecule has 0 aliphatic carbocycles. The van der Waals surface area contributed by atoms with E-state index in [1.165, 1.54) is 6.07 Å². The Morgan fingerprint density at radius 1 is 1.33 bits per heavy atom. The molecule has 0 aliphatic rings. The van der Waals surface area contributed by atoms with Crippen LogP contribution in [0.5, 0.6) is 5.75 Å². The molecular weight excluding hydrogens is 309 g/mol. The van der Waals surface area contributed by atoms with Crippen LogP contribution in [0.25, 0.3) is 0 Å². The van der Waals surface area contributed by atoms with Crippen molar-refractivity contribution in [1.29, 1.82) is 0 Å². The summed E-state index contributed by atoms with van der Waals surface area (Å²) in [4.78, 5) is -0.319. The van der Waals surface area contributed by atoms with Gasteiger partial charge < -0.3 is 10.5 Å². The number of sulfonamides is 1. The van der Waals surface area contributed by atoms with Crippen LogP contribution < -0.4 is 15.2 Å². The fourth-order valence-electron chi connectivity index (χ4n) is 1.36. The molecule has 0 heterocycles. The van der Waals surface area contributed by atoms with Crippen molar-refractivity contribution in [2.24, 2.45) is 11.7 Å². The molecule has 0 radical (unpaired) electrons. The van der Waals surface area contributed by atoms with Crippen molar-refractivity contribution in [3.8, 4) is 5.75 Å². The summed E-state index contributed by atoms with van der Waals surface area (Å²) in [5.41, 5.74) is 5.71. The highest BCUT2D eigenvalue weighted by molar-refractivity contribution is 7.89. The topological polar surface area (TPSA) is 81.4 Å². The third-order valence-electron chi connectivity index (χ3n) is 2.71. The fourth-order valence-corrected chi connectivity index (χ4v) is 2.47. The monoisotopic (exact) mass is 326 g/mol. The van der Waals surface area contributed by atoms with Crippen LogP contribution in [0, 0.1) is 5.92 Å². The first-order valence-corrected chi connectivity index (χ1v) is 7.60. The highest BCUT2D eigenvalue weighted by Crippen LogP contribution is 2.24. The number of nitrogens with one attached hydrogen (secondary N) is 1. The lowest BCUT2D eigenvalue weighted by molar-refractivity contribution is -0.274. The average Bonchev–Trinajstić information content (AvgIpc) is 2.34. The normalized spacial score (nSPS) is 14.2. The van der Waals surface area contributed by atoms with Gasteiger partial charge >= 0.3 is 6.36 Å². The van der Waals surface area contributed by atoms with E-state index in [2.05, 4.69) is 9.46 Å². The number of nitrogens with two attached hydrogens (primary N) is 1. The van der Waals surface area contributed by atoms with Crippen molar-refractivity contribution >= 4 is 10.0 Å². The van der Waals surface area contributed by atoms with Crippen molar-refractivity contribution in [2.45, 2.75) is 31.1 Å². The molecule has 0 amide bonds. The van der Waals surface area contributed by atoms with Crippen molar-refractivity contribution in [2.75, 3.05) is 6.54 Å². The summed E-state index contributed by atoms with van der Waals surface area (Å²) >= 11 is 0. The molecule has 0 spiro atoms. The standard InChI is InChI=1S/C12H17F3N2O3S/c1-8(2)11(16)7-17-21(18,19)10-5-3-4-9(6-10)20-12(13,14)15/h3-6,8,11,17H,7,16H2,1-2H3. The van der Waals surface area contributed by atoms with Crippen LogP contribution in [-0.2, 0) is 10.0 Å². The molecule has 1 aromatic rings. The minimum absolute atomic E-state index is 0.00957. The van der Waals surface area contributed by atoms with Crippen molar-refractivity contribution < 1.29 is 26.3 Å². The highest BCUT2D eigenvalue weighted by atomic mass is 32.2. The zero-order valence-corrected chi connectivity index (χ0v) is 12.3. The van der Waals surface area contributed by atoms with Gasteiger partial charge in [-0.15, -0.1) is 13.2 Å². The second-order valence-electron chi connectivity index (χ2n) is 4.78. The Balaban J connectivity index is 2.86. The molecular formula is C12H17F3N2O3S. The average molecular weight is 326 g/mol. The Morgan fingerprint density at radius 3 is 2.48 bits per heavy atom. The van der Waals surface area contributed by atoms with E-state index in [0.29, 0.717) is 0 Å². The molecule has 0 saturated carbocycles. The predicted molar refractivity (Wildman–Crippen MR) is 71.1 cm³/mol. The van der Waals surface area contributed by atoms with E-state index >= 15 is 0 Å². The van der Waals surface area contributed by atoms with Crippen LogP contribution in [0.2, 0.25) is 0 Å². The molecule has 3 N–H and O–H groups in total. The summed E-state index contributed by atoms with van der Waals surface area (Å²) in [6.45, 7) is 3.65. The fraction of sp³-hybridized carbons (Fsp3) is 0.500. The molecule has 9 heteroatoms. The quantitative estimate of drug-likeness (QED) is 0.836. The van der Waals surface area contributed by atoms with E-state index in [1.54, 1.807) is 0 Å². The number of halogens is 3. The van der Waals surface area contributed by atoms with E-state index in [1.807, 2.05) is 13.8 Å². The maximum absolute atomic E-state index is 12.1. The zero-order chi connectivity index (χ0) is 16.3. The van der Waals surface area contributed by atoms with Gasteiger partial charge in [-0.2, -0.15) is 0 Å². The minimum Gasteiger partial charge on any atom is -0.406 e. The second-order valence-corrected chi connectivity index (χ2v) is 6.55. The number of hydrogen-bond donors (Lipinski definition) is 2. The first-order chi connectivity index (χ1) is 9.51. The number of benzene rings is 1. The van der Waals surface area contributed by atoms with E-state index < -0.39 is 28.2 Å². The van der Waals surface area contributed by atoms with E-state index in [-0.39, 0.29) is 17.4 Å². The van der Waals surface area contributed by atoms with Gasteiger partial charge in [0.2, 0.25) is 10.0 Å². The highest BCUT2D eigenvalue weighted by Gasteiger charge is 2.31. The molecule has 1 unspecified atom stereocenters. The van der Waals surface area contributed by atoms with E-state index in [0.717, 1.165) is 18.2 Å². The van der Waals surface area contributed by atoms with Gasteiger partial charge in [-0.3, -0.25) is 0 Å². The number of alkyl halides is 3. The SMILES string of the molecule is CC(C)C(N)CNS(=O)(=O)c1cccc(OC(F)(F)F)c1. The van der Waals surface area contributed by atoms with Crippen molar-refractivity contribution in [3.05, 3.63) is 24.3 Å². The second kappa shape index (κ2) is 6.63. The summed E-state index contributed by atoms with van der Waals surface area (Å²) in [6, 6.07) is 3.77. The van der Waals surface area contributed by atoms with Gasteiger partial charge in [0, 0.05) is 18.7 Å². The van der Waals surface area contributed by atoms with Crippen LogP contribution in [0.4, 0.5) is 13.2 Å². The lowest BCUT2D eigenvalue weighted by Crippen LogP contribution is -2.40. The minimum atomic E-state index is -4.88. The molecule has 0 aliphatic heterocycles. The van der Waals surface area contributed by atoms with Gasteiger partial charge in [0.05, 0.1) is 4.90 Å². The van der Waals surface area contributed by atoms with E-state index in [4.69, 9.17) is 5.73 Å². The van der Waals surface area contributed by atoms with Crippen LogP contribution in [0.3, 0.4) is 0 Å². The van der Waals surface area contributed by atoms with Gasteiger partial charge in [-0.1, -0.05) is 19.9 Å².